The number of benzene rings is 3. The third kappa shape index (κ3) is 8.85. The first-order valence-electron chi connectivity index (χ1n) is 13.9. The summed E-state index contributed by atoms with van der Waals surface area (Å²) in [6.07, 6.45) is 5.86. The second-order valence-electron chi connectivity index (χ2n) is 10.6. The van der Waals surface area contributed by atoms with Crippen molar-refractivity contribution in [3.63, 3.8) is 0 Å². The molecule has 7 nitrogen and oxygen atoms in total. The Morgan fingerprint density at radius 1 is 0.930 bits per heavy atom. The number of carbonyl (C=O) groups excluding carboxylic acids is 2. The molecule has 0 aliphatic heterocycles. The number of nitrogens with zero attached hydrogens (tertiary/aromatic N) is 2. The number of hydrogen-bond acceptors (Lipinski definition) is 4. The maximum atomic E-state index is 14.2. The van der Waals surface area contributed by atoms with Crippen LogP contribution in [0.3, 0.4) is 0 Å². The molecule has 1 aliphatic carbocycles. The zero-order valence-electron chi connectivity index (χ0n) is 23.6. The van der Waals surface area contributed by atoms with Crippen molar-refractivity contribution in [3.05, 3.63) is 98.7 Å². The van der Waals surface area contributed by atoms with Crippen LogP contribution in [0.1, 0.15) is 43.2 Å². The molecule has 0 spiro atoms. The lowest BCUT2D eigenvalue weighted by molar-refractivity contribution is -0.140. The first kappa shape index (κ1) is 33.1. The van der Waals surface area contributed by atoms with Gasteiger partial charge in [-0.15, -0.1) is 0 Å². The molecule has 3 aromatic carbocycles. The molecule has 0 aromatic heterocycles. The summed E-state index contributed by atoms with van der Waals surface area (Å²) in [6.45, 7) is -0.834. The fraction of sp³-hybridized carbons (Fsp3) is 0.355. The monoisotopic (exact) mass is 667 g/mol. The largest absolute Gasteiger partial charge is 0.352 e. The standard InChI is InChI=1S/C31H33Cl3FN3O4S/c1-43(41,42)38(23-15-16-28(35)27(34)18-23)20-30(39)37(19-24-25(32)13-8-14-26(24)33)29(17-21-9-4-2-5-10-21)31(40)36-22-11-6-3-7-12-22/h2,4-5,8-10,13-16,18,22,29H,3,6-7,11-12,17,19-20H2,1H3,(H,36,40). The topological polar surface area (TPSA) is 86.8 Å². The normalized spacial score (nSPS) is 14.6. The minimum atomic E-state index is -4.04. The van der Waals surface area contributed by atoms with Crippen LogP contribution in [-0.2, 0) is 32.6 Å². The molecule has 4 rings (SSSR count). The van der Waals surface area contributed by atoms with Gasteiger partial charge in [0.15, 0.2) is 0 Å². The van der Waals surface area contributed by atoms with Crippen LogP contribution in [0.25, 0.3) is 0 Å². The van der Waals surface area contributed by atoms with Crippen molar-refractivity contribution in [1.82, 2.24) is 10.2 Å². The third-order valence-electron chi connectivity index (χ3n) is 7.48. The predicted molar refractivity (Wildman–Crippen MR) is 170 cm³/mol. The average molecular weight is 669 g/mol. The van der Waals surface area contributed by atoms with E-state index in [2.05, 4.69) is 5.32 Å². The van der Waals surface area contributed by atoms with E-state index in [1.165, 1.54) is 11.0 Å². The number of amides is 2. The molecule has 2 amide bonds. The number of sulfonamides is 1. The zero-order chi connectivity index (χ0) is 31.1. The van der Waals surface area contributed by atoms with Crippen molar-refractivity contribution < 1.29 is 22.4 Å². The van der Waals surface area contributed by atoms with Crippen LogP contribution in [0.4, 0.5) is 10.1 Å². The van der Waals surface area contributed by atoms with Gasteiger partial charge < -0.3 is 10.2 Å². The molecule has 43 heavy (non-hydrogen) atoms. The molecule has 1 aliphatic rings. The van der Waals surface area contributed by atoms with E-state index in [1.807, 2.05) is 30.3 Å². The molecule has 0 saturated heterocycles. The number of halogens is 4. The SMILES string of the molecule is CS(=O)(=O)N(CC(=O)N(Cc1c(Cl)cccc1Cl)C(Cc1ccccc1)C(=O)NC1CCCCC1)c1ccc(F)c(Cl)c1. The molecule has 1 atom stereocenters. The minimum Gasteiger partial charge on any atom is -0.352 e. The minimum absolute atomic E-state index is 0.00393. The highest BCUT2D eigenvalue weighted by molar-refractivity contribution is 7.92. The molecular formula is C31H33Cl3FN3O4S. The molecule has 1 fully saturated rings. The Balaban J connectivity index is 1.76. The van der Waals surface area contributed by atoms with Gasteiger partial charge in [-0.25, -0.2) is 12.8 Å². The molecule has 1 unspecified atom stereocenters. The van der Waals surface area contributed by atoms with Gasteiger partial charge in [0.25, 0.3) is 0 Å². The van der Waals surface area contributed by atoms with Crippen LogP contribution in [0.5, 0.6) is 0 Å². The van der Waals surface area contributed by atoms with Crippen LogP contribution in [0.15, 0.2) is 66.7 Å². The van der Waals surface area contributed by atoms with E-state index in [9.17, 15) is 22.4 Å². The van der Waals surface area contributed by atoms with Gasteiger partial charge in [0.05, 0.1) is 17.0 Å². The van der Waals surface area contributed by atoms with Crippen molar-refractivity contribution in [3.8, 4) is 0 Å². The molecule has 0 heterocycles. The van der Waals surface area contributed by atoms with E-state index in [0.717, 1.165) is 60.4 Å². The molecule has 0 bridgehead atoms. The van der Waals surface area contributed by atoms with Gasteiger partial charge in [-0.3, -0.25) is 13.9 Å². The number of carbonyl (C=O) groups is 2. The Morgan fingerprint density at radius 2 is 1.58 bits per heavy atom. The summed E-state index contributed by atoms with van der Waals surface area (Å²) in [6, 6.07) is 16.5. The van der Waals surface area contributed by atoms with Crippen LogP contribution >= 0.6 is 34.8 Å². The number of rotatable bonds is 11. The van der Waals surface area contributed by atoms with Crippen molar-refractivity contribution in [1.29, 1.82) is 0 Å². The van der Waals surface area contributed by atoms with Gasteiger partial charge in [-0.1, -0.05) is 90.5 Å². The Bertz CT molecular complexity index is 1530. The summed E-state index contributed by atoms with van der Waals surface area (Å²) >= 11 is 19.0. The lowest BCUT2D eigenvalue weighted by atomic mass is 9.94. The van der Waals surface area contributed by atoms with Crippen LogP contribution in [0, 0.1) is 5.82 Å². The van der Waals surface area contributed by atoms with Gasteiger partial charge in [0.1, 0.15) is 18.4 Å². The zero-order valence-corrected chi connectivity index (χ0v) is 26.7. The van der Waals surface area contributed by atoms with E-state index >= 15 is 0 Å². The van der Waals surface area contributed by atoms with Gasteiger partial charge in [-0.2, -0.15) is 0 Å². The van der Waals surface area contributed by atoms with Crippen LogP contribution in [0.2, 0.25) is 15.1 Å². The van der Waals surface area contributed by atoms with E-state index in [1.54, 1.807) is 18.2 Å². The predicted octanol–water partition coefficient (Wildman–Crippen LogP) is 6.64. The summed E-state index contributed by atoms with van der Waals surface area (Å²) in [5.41, 5.74) is 1.22. The summed E-state index contributed by atoms with van der Waals surface area (Å²) in [5.74, 6) is -1.77. The van der Waals surface area contributed by atoms with Crippen molar-refractivity contribution >= 4 is 62.3 Å². The second-order valence-corrected chi connectivity index (χ2v) is 13.8. The van der Waals surface area contributed by atoms with Crippen molar-refractivity contribution in [2.24, 2.45) is 0 Å². The maximum absolute atomic E-state index is 14.2. The summed E-state index contributed by atoms with van der Waals surface area (Å²) in [5, 5.41) is 3.42. The highest BCUT2D eigenvalue weighted by Gasteiger charge is 2.35. The van der Waals surface area contributed by atoms with Crippen molar-refractivity contribution in [2.45, 2.75) is 57.2 Å². The van der Waals surface area contributed by atoms with E-state index < -0.39 is 34.3 Å². The Morgan fingerprint density at radius 3 is 2.19 bits per heavy atom. The lowest BCUT2D eigenvalue weighted by Crippen LogP contribution is -2.55. The lowest BCUT2D eigenvalue weighted by Gasteiger charge is -2.35. The molecular weight excluding hydrogens is 636 g/mol. The molecule has 12 heteroatoms. The van der Waals surface area contributed by atoms with Crippen molar-refractivity contribution in [2.75, 3.05) is 17.1 Å². The number of hydrogen-bond donors (Lipinski definition) is 1. The molecule has 230 valence electrons. The van der Waals surface area contributed by atoms with E-state index in [-0.39, 0.29) is 35.6 Å². The molecule has 1 N–H and O–H groups in total. The summed E-state index contributed by atoms with van der Waals surface area (Å²) in [7, 11) is -4.04. The highest BCUT2D eigenvalue weighted by Crippen LogP contribution is 2.29. The highest BCUT2D eigenvalue weighted by atomic mass is 35.5. The van der Waals surface area contributed by atoms with Gasteiger partial charge in [0, 0.05) is 34.6 Å². The van der Waals surface area contributed by atoms with E-state index in [0.29, 0.717) is 15.6 Å². The van der Waals surface area contributed by atoms with Gasteiger partial charge in [-0.05, 0) is 48.7 Å². The fourth-order valence-corrected chi connectivity index (χ4v) is 6.74. The second kappa shape index (κ2) is 14.8. The number of nitrogens with one attached hydrogen (secondary N) is 1. The molecule has 0 radical (unpaired) electrons. The van der Waals surface area contributed by atoms with Crippen LogP contribution < -0.4 is 9.62 Å². The Labute approximate surface area is 267 Å². The third-order valence-corrected chi connectivity index (χ3v) is 9.62. The Hall–Kier alpha value is -2.85. The van der Waals surface area contributed by atoms with E-state index in [4.69, 9.17) is 34.8 Å². The molecule has 3 aromatic rings. The van der Waals surface area contributed by atoms with Gasteiger partial charge >= 0.3 is 0 Å². The fourth-order valence-electron chi connectivity index (χ4n) is 5.21. The van der Waals surface area contributed by atoms with Crippen LogP contribution in [-0.4, -0.2) is 50.0 Å². The first-order valence-corrected chi connectivity index (χ1v) is 16.9. The number of anilines is 1. The van der Waals surface area contributed by atoms with Gasteiger partial charge in [0.2, 0.25) is 21.8 Å². The maximum Gasteiger partial charge on any atom is 0.244 e. The molecule has 1 saturated carbocycles. The average Bonchev–Trinajstić information content (AvgIpc) is 2.97. The summed E-state index contributed by atoms with van der Waals surface area (Å²) in [4.78, 5) is 29.5. The Kier molecular flexibility index (Phi) is 11.3. The smallest absolute Gasteiger partial charge is 0.244 e. The summed E-state index contributed by atoms with van der Waals surface area (Å²) < 4.78 is 40.6. The first-order chi connectivity index (χ1) is 20.4. The quantitative estimate of drug-likeness (QED) is 0.248.